The molecule has 0 amide bonds. The van der Waals surface area contributed by atoms with Gasteiger partial charge in [0.15, 0.2) is 0 Å². The van der Waals surface area contributed by atoms with Crippen LogP contribution in [-0.4, -0.2) is 21.6 Å². The summed E-state index contributed by atoms with van der Waals surface area (Å²) in [6.07, 6.45) is 0. The van der Waals surface area contributed by atoms with Crippen molar-refractivity contribution in [3.63, 3.8) is 0 Å². The molecule has 0 aromatic carbocycles. The van der Waals surface area contributed by atoms with Crippen LogP contribution in [0.1, 0.15) is 18.7 Å². The molecule has 3 nitrogen and oxygen atoms in total. The number of hydrogen-bond acceptors (Lipinski definition) is 4. The van der Waals surface area contributed by atoms with Gasteiger partial charge in [-0.15, -0.1) is 11.3 Å². The smallest absolute Gasteiger partial charge is 0.128 e. The molecule has 0 unspecified atom stereocenters. The largest absolute Gasteiger partial charge is 0.411 e. The Morgan fingerprint density at radius 3 is 2.58 bits per heavy atom. The molecule has 0 aliphatic rings. The second-order valence-electron chi connectivity index (χ2n) is 2.98. The summed E-state index contributed by atoms with van der Waals surface area (Å²) in [5.41, 5.74) is -0.794. The fourth-order valence-corrected chi connectivity index (χ4v) is 1.75. The fourth-order valence-electron chi connectivity index (χ4n) is 0.886. The van der Waals surface area contributed by atoms with Gasteiger partial charge in [0.1, 0.15) is 11.3 Å². The van der Waals surface area contributed by atoms with E-state index in [4.69, 9.17) is 5.21 Å². The van der Waals surface area contributed by atoms with Gasteiger partial charge in [-0.1, -0.05) is 11.2 Å². The Bertz CT molecular complexity index is 272. The Balaban J connectivity index is 3.01. The lowest BCUT2D eigenvalue weighted by Crippen LogP contribution is -2.31. The van der Waals surface area contributed by atoms with Gasteiger partial charge in [-0.25, -0.2) is 0 Å². The molecule has 1 aromatic rings. The standard InChI is InChI=1S/C8H11NO2S/c1-8(2,10)7(9-11)6-4-3-5-12-6/h3-5,10-11H,1-2H3/b9-7-. The third kappa shape index (κ3) is 1.84. The predicted molar refractivity (Wildman–Crippen MR) is 48.9 cm³/mol. The lowest BCUT2D eigenvalue weighted by atomic mass is 10.0. The lowest BCUT2D eigenvalue weighted by Gasteiger charge is -2.16. The summed E-state index contributed by atoms with van der Waals surface area (Å²) in [6, 6.07) is 3.65. The highest BCUT2D eigenvalue weighted by Crippen LogP contribution is 2.17. The maximum Gasteiger partial charge on any atom is 0.128 e. The second-order valence-corrected chi connectivity index (χ2v) is 3.93. The monoisotopic (exact) mass is 185 g/mol. The second kappa shape index (κ2) is 3.25. The molecule has 1 heterocycles. The Morgan fingerprint density at radius 2 is 2.25 bits per heavy atom. The van der Waals surface area contributed by atoms with E-state index in [0.29, 0.717) is 5.71 Å². The molecule has 66 valence electrons. The number of hydrogen-bond donors (Lipinski definition) is 2. The van der Waals surface area contributed by atoms with Crippen molar-refractivity contribution in [3.8, 4) is 0 Å². The maximum atomic E-state index is 9.57. The molecule has 4 heteroatoms. The van der Waals surface area contributed by atoms with Gasteiger partial charge >= 0.3 is 0 Å². The Kier molecular flexibility index (Phi) is 2.49. The Hall–Kier alpha value is -0.870. The summed E-state index contributed by atoms with van der Waals surface area (Å²) < 4.78 is 0. The first-order valence-electron chi connectivity index (χ1n) is 3.54. The van der Waals surface area contributed by atoms with Crippen molar-refractivity contribution in [3.05, 3.63) is 22.4 Å². The van der Waals surface area contributed by atoms with Crippen LogP contribution in [0, 0.1) is 0 Å². The van der Waals surface area contributed by atoms with Crippen LogP contribution < -0.4 is 0 Å². The van der Waals surface area contributed by atoms with Crippen LogP contribution >= 0.6 is 11.3 Å². The quantitative estimate of drug-likeness (QED) is 0.418. The van der Waals surface area contributed by atoms with E-state index in [9.17, 15) is 5.11 Å². The zero-order valence-electron chi connectivity index (χ0n) is 6.98. The highest BCUT2D eigenvalue weighted by Gasteiger charge is 2.24. The van der Waals surface area contributed by atoms with Gasteiger partial charge in [0.2, 0.25) is 0 Å². The van der Waals surface area contributed by atoms with Crippen molar-refractivity contribution in [2.75, 3.05) is 0 Å². The molecular formula is C8H11NO2S. The van der Waals surface area contributed by atoms with E-state index < -0.39 is 5.60 Å². The highest BCUT2D eigenvalue weighted by molar-refractivity contribution is 7.12. The summed E-state index contributed by atoms with van der Waals surface area (Å²) in [6.45, 7) is 3.17. The van der Waals surface area contributed by atoms with Gasteiger partial charge < -0.3 is 10.3 Å². The third-order valence-corrected chi connectivity index (χ3v) is 2.31. The molecule has 1 aromatic heterocycles. The summed E-state index contributed by atoms with van der Waals surface area (Å²) in [7, 11) is 0. The van der Waals surface area contributed by atoms with Crippen molar-refractivity contribution >= 4 is 17.0 Å². The molecule has 0 radical (unpaired) electrons. The highest BCUT2D eigenvalue weighted by atomic mass is 32.1. The average molecular weight is 185 g/mol. The molecule has 0 atom stereocenters. The number of nitrogens with zero attached hydrogens (tertiary/aromatic N) is 1. The number of thiophene rings is 1. The van der Waals surface area contributed by atoms with E-state index in [-0.39, 0.29) is 0 Å². The summed E-state index contributed by atoms with van der Waals surface area (Å²) in [5, 5.41) is 23.2. The van der Waals surface area contributed by atoms with Crippen molar-refractivity contribution in [2.24, 2.45) is 5.16 Å². The van der Waals surface area contributed by atoms with Crippen LogP contribution in [0.25, 0.3) is 0 Å². The van der Waals surface area contributed by atoms with Crippen molar-refractivity contribution in [2.45, 2.75) is 19.4 Å². The summed E-state index contributed by atoms with van der Waals surface area (Å²) in [4.78, 5) is 0.782. The minimum atomic E-state index is -1.10. The molecule has 0 fully saturated rings. The Labute approximate surface area is 75.0 Å². The molecule has 0 aliphatic heterocycles. The zero-order chi connectivity index (χ0) is 9.19. The van der Waals surface area contributed by atoms with E-state index in [0.717, 1.165) is 4.88 Å². The van der Waals surface area contributed by atoms with Gasteiger partial charge in [-0.3, -0.25) is 0 Å². The molecule has 0 spiro atoms. The van der Waals surface area contributed by atoms with E-state index in [1.807, 2.05) is 11.4 Å². The molecule has 12 heavy (non-hydrogen) atoms. The van der Waals surface area contributed by atoms with Crippen LogP contribution in [0.15, 0.2) is 22.7 Å². The van der Waals surface area contributed by atoms with Crippen LogP contribution in [0.5, 0.6) is 0 Å². The minimum Gasteiger partial charge on any atom is -0.411 e. The first kappa shape index (κ1) is 9.22. The maximum absolute atomic E-state index is 9.57. The van der Waals surface area contributed by atoms with Gasteiger partial charge in [-0.05, 0) is 25.3 Å². The van der Waals surface area contributed by atoms with Crippen LogP contribution in [0.2, 0.25) is 0 Å². The molecule has 0 aliphatic carbocycles. The van der Waals surface area contributed by atoms with E-state index in [2.05, 4.69) is 5.16 Å². The number of rotatable bonds is 2. The van der Waals surface area contributed by atoms with Crippen molar-refractivity contribution < 1.29 is 10.3 Å². The summed E-state index contributed by atoms with van der Waals surface area (Å²) in [5.74, 6) is 0. The van der Waals surface area contributed by atoms with Gasteiger partial charge in [0.05, 0.1) is 4.88 Å². The topological polar surface area (TPSA) is 52.8 Å². The van der Waals surface area contributed by atoms with Crippen LogP contribution in [-0.2, 0) is 0 Å². The summed E-state index contributed by atoms with van der Waals surface area (Å²) >= 11 is 1.43. The Morgan fingerprint density at radius 1 is 1.58 bits per heavy atom. The minimum absolute atomic E-state index is 0.303. The van der Waals surface area contributed by atoms with Gasteiger partial charge in [0.25, 0.3) is 0 Å². The first-order chi connectivity index (χ1) is 5.55. The normalized spacial score (nSPS) is 13.4. The van der Waals surface area contributed by atoms with Crippen LogP contribution in [0.4, 0.5) is 0 Å². The molecule has 1 rings (SSSR count). The number of oxime groups is 1. The number of aliphatic hydroxyl groups is 1. The average Bonchev–Trinajstić information content (AvgIpc) is 2.38. The predicted octanol–water partition coefficient (Wildman–Crippen LogP) is 1.70. The molecule has 2 N–H and O–H groups in total. The van der Waals surface area contributed by atoms with Crippen LogP contribution in [0.3, 0.4) is 0 Å². The SMILES string of the molecule is CC(C)(O)/C(=N\O)c1cccs1. The third-order valence-electron chi connectivity index (χ3n) is 1.43. The zero-order valence-corrected chi connectivity index (χ0v) is 7.80. The van der Waals surface area contributed by atoms with E-state index >= 15 is 0 Å². The van der Waals surface area contributed by atoms with E-state index in [1.165, 1.54) is 11.3 Å². The molecular weight excluding hydrogens is 174 g/mol. The molecule has 0 bridgehead atoms. The van der Waals surface area contributed by atoms with Gasteiger partial charge in [-0.2, -0.15) is 0 Å². The van der Waals surface area contributed by atoms with Crippen molar-refractivity contribution in [1.82, 2.24) is 0 Å². The fraction of sp³-hybridized carbons (Fsp3) is 0.375. The molecule has 0 saturated carbocycles. The lowest BCUT2D eigenvalue weighted by molar-refractivity contribution is 0.149. The molecule has 0 saturated heterocycles. The van der Waals surface area contributed by atoms with Crippen molar-refractivity contribution in [1.29, 1.82) is 0 Å². The first-order valence-corrected chi connectivity index (χ1v) is 4.42. The van der Waals surface area contributed by atoms with E-state index in [1.54, 1.807) is 19.9 Å². The van der Waals surface area contributed by atoms with Gasteiger partial charge in [0, 0.05) is 0 Å².